The molecule has 0 radical (unpaired) electrons. The Balaban J connectivity index is 2.81. The van der Waals surface area contributed by atoms with E-state index in [9.17, 15) is 15.3 Å². The van der Waals surface area contributed by atoms with Gasteiger partial charge in [0.05, 0.1) is 0 Å². The summed E-state index contributed by atoms with van der Waals surface area (Å²) in [7, 11) is 0. The lowest BCUT2D eigenvalue weighted by Crippen LogP contribution is -1.98. The van der Waals surface area contributed by atoms with Crippen molar-refractivity contribution in [3.05, 3.63) is 34.4 Å². The third-order valence-corrected chi connectivity index (χ3v) is 1.68. The van der Waals surface area contributed by atoms with Crippen LogP contribution in [0, 0.1) is 10.1 Å². The molecule has 6 nitrogen and oxygen atoms in total. The molecule has 1 aromatic carbocycles. The topological polar surface area (TPSA) is 81.2 Å². The van der Waals surface area contributed by atoms with Crippen molar-refractivity contribution >= 4 is 17.0 Å². The molecule has 0 aliphatic rings. The van der Waals surface area contributed by atoms with E-state index < -0.39 is 10.9 Å². The Hall–Kier alpha value is -2.11. The quantitative estimate of drug-likeness (QED) is 0.405. The van der Waals surface area contributed by atoms with Crippen molar-refractivity contribution in [2.24, 2.45) is 0 Å². The molecule has 0 amide bonds. The first-order valence-corrected chi connectivity index (χ1v) is 3.51. The lowest BCUT2D eigenvalue weighted by Gasteiger charge is -1.90. The maximum atomic E-state index is 10.4. The summed E-state index contributed by atoms with van der Waals surface area (Å²) < 4.78 is 0.468. The van der Waals surface area contributed by atoms with E-state index in [1.807, 2.05) is 0 Å². The molecule has 0 bridgehead atoms. The Morgan fingerprint density at radius 3 is 2.77 bits per heavy atom. The van der Waals surface area contributed by atoms with Gasteiger partial charge in [0.2, 0.25) is 0 Å². The summed E-state index contributed by atoms with van der Waals surface area (Å²) in [5.41, 5.74) is 0.728. The number of aromatic nitrogens is 2. The highest BCUT2D eigenvalue weighted by Crippen LogP contribution is 2.18. The molecule has 1 aromatic heterocycles. The Morgan fingerprint density at radius 1 is 1.46 bits per heavy atom. The summed E-state index contributed by atoms with van der Waals surface area (Å²) >= 11 is 0. The van der Waals surface area contributed by atoms with Gasteiger partial charge < -0.3 is 15.3 Å². The van der Waals surface area contributed by atoms with Crippen LogP contribution in [0.1, 0.15) is 0 Å². The largest absolute Gasteiger partial charge is 0.472 e. The number of hydrogen-bond donors (Lipinski definition) is 1. The molecule has 0 saturated heterocycles. The predicted octanol–water partition coefficient (Wildman–Crippen LogP) is 1.18. The van der Waals surface area contributed by atoms with Gasteiger partial charge in [0.15, 0.2) is 11.0 Å². The number of benzene rings is 1. The van der Waals surface area contributed by atoms with E-state index in [1.54, 1.807) is 24.3 Å². The fraction of sp³-hybridized carbons (Fsp3) is 0. The van der Waals surface area contributed by atoms with Gasteiger partial charge in [-0.2, -0.15) is 0 Å². The fourth-order valence-electron chi connectivity index (χ4n) is 1.12. The van der Waals surface area contributed by atoms with Crippen LogP contribution in [0.2, 0.25) is 0 Å². The van der Waals surface area contributed by atoms with Crippen LogP contribution in [0.5, 0.6) is 0 Å². The zero-order chi connectivity index (χ0) is 9.42. The molecule has 6 heteroatoms. The van der Waals surface area contributed by atoms with Crippen molar-refractivity contribution in [2.75, 3.05) is 0 Å². The maximum absolute atomic E-state index is 10.4. The van der Waals surface area contributed by atoms with Crippen LogP contribution in [-0.2, 0) is 0 Å². The molecule has 1 N–H and O–H groups in total. The van der Waals surface area contributed by atoms with Crippen LogP contribution in [0.3, 0.4) is 0 Å². The number of para-hydroxylation sites is 2. The van der Waals surface area contributed by atoms with Gasteiger partial charge in [-0.3, -0.25) is 0 Å². The van der Waals surface area contributed by atoms with E-state index in [-0.39, 0.29) is 0 Å². The number of nitro groups is 1. The Bertz CT molecular complexity index is 477. The van der Waals surface area contributed by atoms with Crippen molar-refractivity contribution in [1.29, 1.82) is 0 Å². The second kappa shape index (κ2) is 2.44. The molecule has 2 rings (SSSR count). The van der Waals surface area contributed by atoms with Crippen LogP contribution in [0.15, 0.2) is 24.3 Å². The first-order chi connectivity index (χ1) is 6.20. The van der Waals surface area contributed by atoms with E-state index in [0.717, 1.165) is 0 Å². The fourth-order valence-corrected chi connectivity index (χ4v) is 1.12. The Kier molecular flexibility index (Phi) is 1.42. The normalized spacial score (nSPS) is 10.5. The standard InChI is InChI=1S/C7H5N3O3/c11-9-6-4-2-1-3-5(6)8-7(9)10(12)13/h1-4,11H. The maximum Gasteiger partial charge on any atom is 0.472 e. The van der Waals surface area contributed by atoms with Gasteiger partial charge in [-0.05, 0) is 21.8 Å². The van der Waals surface area contributed by atoms with Gasteiger partial charge in [0.1, 0.15) is 0 Å². The van der Waals surface area contributed by atoms with Crippen molar-refractivity contribution in [2.45, 2.75) is 0 Å². The summed E-state index contributed by atoms with van der Waals surface area (Å²) in [6.45, 7) is 0. The molecule has 13 heavy (non-hydrogen) atoms. The zero-order valence-electron chi connectivity index (χ0n) is 6.41. The Morgan fingerprint density at radius 2 is 2.15 bits per heavy atom. The van der Waals surface area contributed by atoms with E-state index in [1.165, 1.54) is 0 Å². The van der Waals surface area contributed by atoms with E-state index in [2.05, 4.69) is 4.98 Å². The highest BCUT2D eigenvalue weighted by atomic mass is 16.6. The second-order valence-electron chi connectivity index (χ2n) is 2.47. The van der Waals surface area contributed by atoms with Crippen LogP contribution < -0.4 is 0 Å². The van der Waals surface area contributed by atoms with Gasteiger partial charge in [-0.25, -0.2) is 0 Å². The monoisotopic (exact) mass is 179 g/mol. The zero-order valence-corrected chi connectivity index (χ0v) is 6.41. The first-order valence-electron chi connectivity index (χ1n) is 3.51. The van der Waals surface area contributed by atoms with Crippen LogP contribution in [-0.4, -0.2) is 19.8 Å². The van der Waals surface area contributed by atoms with Gasteiger partial charge in [-0.1, -0.05) is 17.1 Å². The molecule has 0 aliphatic carbocycles. The number of hydrogen-bond acceptors (Lipinski definition) is 4. The van der Waals surface area contributed by atoms with Gasteiger partial charge in [0, 0.05) is 0 Å². The summed E-state index contributed by atoms with van der Waals surface area (Å²) in [4.78, 5) is 13.2. The number of fused-ring (bicyclic) bond motifs is 1. The summed E-state index contributed by atoms with van der Waals surface area (Å²) in [6.07, 6.45) is 0. The molecule has 0 fully saturated rings. The summed E-state index contributed by atoms with van der Waals surface area (Å²) in [5, 5.41) is 19.6. The average Bonchev–Trinajstić information content (AvgIpc) is 2.45. The lowest BCUT2D eigenvalue weighted by atomic mass is 10.3. The number of imidazole rings is 1. The first kappa shape index (κ1) is 7.53. The van der Waals surface area contributed by atoms with Gasteiger partial charge in [-0.15, -0.1) is 0 Å². The average molecular weight is 179 g/mol. The van der Waals surface area contributed by atoms with E-state index in [0.29, 0.717) is 15.8 Å². The van der Waals surface area contributed by atoms with E-state index in [4.69, 9.17) is 0 Å². The third-order valence-electron chi connectivity index (χ3n) is 1.68. The van der Waals surface area contributed by atoms with Gasteiger partial charge >= 0.3 is 5.95 Å². The SMILES string of the molecule is O=[N+]([O-])c1nc2ccccc2n1O. The minimum Gasteiger partial charge on any atom is -0.390 e. The molecule has 66 valence electrons. The number of nitrogens with zero attached hydrogens (tertiary/aromatic N) is 3. The minimum absolute atomic E-state index is 0.328. The molecule has 0 spiro atoms. The minimum atomic E-state index is -0.736. The second-order valence-corrected chi connectivity index (χ2v) is 2.47. The Labute approximate surface area is 72.2 Å². The predicted molar refractivity (Wildman–Crippen MR) is 43.6 cm³/mol. The summed E-state index contributed by atoms with van der Waals surface area (Å²) in [5.74, 6) is -0.568. The van der Waals surface area contributed by atoms with Crippen molar-refractivity contribution in [3.63, 3.8) is 0 Å². The molecule has 0 unspecified atom stereocenters. The summed E-state index contributed by atoms with van der Waals surface area (Å²) in [6, 6.07) is 6.50. The van der Waals surface area contributed by atoms with Crippen molar-refractivity contribution < 1.29 is 10.1 Å². The van der Waals surface area contributed by atoms with Crippen molar-refractivity contribution in [3.8, 4) is 0 Å². The molecular weight excluding hydrogens is 174 g/mol. The molecule has 0 aliphatic heterocycles. The lowest BCUT2D eigenvalue weighted by molar-refractivity contribution is -0.401. The smallest absolute Gasteiger partial charge is 0.390 e. The van der Waals surface area contributed by atoms with Crippen molar-refractivity contribution in [1.82, 2.24) is 9.71 Å². The van der Waals surface area contributed by atoms with Crippen LogP contribution >= 0.6 is 0 Å². The van der Waals surface area contributed by atoms with Crippen LogP contribution in [0.4, 0.5) is 5.95 Å². The molecule has 1 heterocycles. The van der Waals surface area contributed by atoms with E-state index >= 15 is 0 Å². The van der Waals surface area contributed by atoms with Gasteiger partial charge in [0.25, 0.3) is 0 Å². The highest BCUT2D eigenvalue weighted by molar-refractivity contribution is 5.76. The third kappa shape index (κ3) is 0.994. The molecular formula is C7H5N3O3. The molecule has 0 atom stereocenters. The molecule has 2 aromatic rings. The van der Waals surface area contributed by atoms with Crippen LogP contribution in [0.25, 0.3) is 11.0 Å². The number of rotatable bonds is 1. The highest BCUT2D eigenvalue weighted by Gasteiger charge is 2.20. The molecule has 0 saturated carbocycles.